The summed E-state index contributed by atoms with van der Waals surface area (Å²) in [4.78, 5) is 0. The molecule has 0 aromatic carbocycles. The van der Waals surface area contributed by atoms with E-state index in [1.807, 2.05) is 0 Å². The van der Waals surface area contributed by atoms with Crippen LogP contribution in [0.25, 0.3) is 0 Å². The summed E-state index contributed by atoms with van der Waals surface area (Å²) in [7, 11) is 0. The number of hydrogen-bond donors (Lipinski definition) is 0. The van der Waals surface area contributed by atoms with Gasteiger partial charge in [0.25, 0.3) is 0 Å². The molecule has 90 valence electrons. The van der Waals surface area contributed by atoms with Crippen LogP contribution >= 0.6 is 0 Å². The van der Waals surface area contributed by atoms with E-state index in [9.17, 15) is 0 Å². The molecular formula is C15H30. The first-order chi connectivity index (χ1) is 6.83. The van der Waals surface area contributed by atoms with Gasteiger partial charge < -0.3 is 0 Å². The van der Waals surface area contributed by atoms with Crippen molar-refractivity contribution in [2.75, 3.05) is 0 Å². The van der Waals surface area contributed by atoms with Crippen LogP contribution in [0.4, 0.5) is 0 Å². The van der Waals surface area contributed by atoms with Crippen molar-refractivity contribution >= 4 is 0 Å². The van der Waals surface area contributed by atoms with Crippen molar-refractivity contribution in [1.82, 2.24) is 0 Å². The zero-order valence-corrected chi connectivity index (χ0v) is 11.6. The Bertz CT molecular complexity index is 190. The third-order valence-corrected chi connectivity index (χ3v) is 4.50. The van der Waals surface area contributed by atoms with Crippen LogP contribution in [0.1, 0.15) is 67.2 Å². The standard InChI is InChI=1S/C15H30/c1-11(2)7-14-8-13(5)9-15(6,10-14)12(3)4/h11-14H,7-10H2,1-6H3. The maximum Gasteiger partial charge on any atom is -0.0298 e. The minimum atomic E-state index is 0.608. The molecule has 1 rings (SSSR count). The third-order valence-electron chi connectivity index (χ3n) is 4.50. The summed E-state index contributed by atoms with van der Waals surface area (Å²) in [5.74, 6) is 3.64. The molecule has 15 heavy (non-hydrogen) atoms. The highest BCUT2D eigenvalue weighted by Crippen LogP contribution is 2.48. The summed E-state index contributed by atoms with van der Waals surface area (Å²) in [5.41, 5.74) is 0.608. The molecule has 1 aliphatic rings. The molecule has 0 radical (unpaired) electrons. The Morgan fingerprint density at radius 3 is 2.20 bits per heavy atom. The first kappa shape index (κ1) is 13.1. The summed E-state index contributed by atoms with van der Waals surface area (Å²) in [6.45, 7) is 14.5. The minimum absolute atomic E-state index is 0.608. The van der Waals surface area contributed by atoms with Crippen molar-refractivity contribution in [1.29, 1.82) is 0 Å². The zero-order valence-electron chi connectivity index (χ0n) is 11.6. The van der Waals surface area contributed by atoms with Crippen LogP contribution in [0.2, 0.25) is 0 Å². The second kappa shape index (κ2) is 4.89. The summed E-state index contributed by atoms with van der Waals surface area (Å²) in [6.07, 6.45) is 5.82. The number of hydrogen-bond acceptors (Lipinski definition) is 0. The molecule has 1 aliphatic carbocycles. The first-order valence-electron chi connectivity index (χ1n) is 6.83. The Hall–Kier alpha value is 0. The fourth-order valence-electron chi connectivity index (χ4n) is 3.59. The van der Waals surface area contributed by atoms with Crippen LogP contribution in [0.5, 0.6) is 0 Å². The van der Waals surface area contributed by atoms with Crippen molar-refractivity contribution in [3.05, 3.63) is 0 Å². The van der Waals surface area contributed by atoms with Crippen LogP contribution < -0.4 is 0 Å². The molecule has 0 N–H and O–H groups in total. The van der Waals surface area contributed by atoms with Crippen LogP contribution in [0.3, 0.4) is 0 Å². The van der Waals surface area contributed by atoms with Gasteiger partial charge in [0.05, 0.1) is 0 Å². The van der Waals surface area contributed by atoms with Gasteiger partial charge in [-0.25, -0.2) is 0 Å². The molecule has 0 nitrogen and oxygen atoms in total. The van der Waals surface area contributed by atoms with Crippen LogP contribution in [-0.4, -0.2) is 0 Å². The Balaban J connectivity index is 2.63. The Labute approximate surface area is 96.8 Å². The SMILES string of the molecule is CC(C)CC1CC(C)CC(C)(C(C)C)C1. The average Bonchev–Trinajstić information content (AvgIpc) is 1.99. The minimum Gasteiger partial charge on any atom is -0.0628 e. The van der Waals surface area contributed by atoms with Crippen molar-refractivity contribution in [2.45, 2.75) is 67.2 Å². The lowest BCUT2D eigenvalue weighted by molar-refractivity contribution is 0.0597. The first-order valence-corrected chi connectivity index (χ1v) is 6.83. The van der Waals surface area contributed by atoms with Gasteiger partial charge in [-0.15, -0.1) is 0 Å². The highest BCUT2D eigenvalue weighted by atomic mass is 14.4. The molecule has 1 saturated carbocycles. The van der Waals surface area contributed by atoms with Gasteiger partial charge in [0, 0.05) is 0 Å². The van der Waals surface area contributed by atoms with E-state index in [0.29, 0.717) is 5.41 Å². The van der Waals surface area contributed by atoms with E-state index in [0.717, 1.165) is 23.7 Å². The van der Waals surface area contributed by atoms with Crippen molar-refractivity contribution in [3.63, 3.8) is 0 Å². The zero-order chi connectivity index (χ0) is 11.6. The molecule has 0 heteroatoms. The van der Waals surface area contributed by atoms with E-state index in [-0.39, 0.29) is 0 Å². The molecule has 0 saturated heterocycles. The predicted octanol–water partition coefficient (Wildman–Crippen LogP) is 5.13. The van der Waals surface area contributed by atoms with Gasteiger partial charge in [-0.05, 0) is 54.8 Å². The summed E-state index contributed by atoms with van der Waals surface area (Å²) in [5, 5.41) is 0. The second-order valence-electron chi connectivity index (χ2n) is 7.05. The molecule has 3 atom stereocenters. The number of rotatable bonds is 3. The predicted molar refractivity (Wildman–Crippen MR) is 68.9 cm³/mol. The third kappa shape index (κ3) is 3.50. The van der Waals surface area contributed by atoms with Gasteiger partial charge in [0.1, 0.15) is 0 Å². The van der Waals surface area contributed by atoms with E-state index < -0.39 is 0 Å². The lowest BCUT2D eigenvalue weighted by atomic mass is 9.61. The Morgan fingerprint density at radius 2 is 1.73 bits per heavy atom. The molecule has 0 amide bonds. The quantitative estimate of drug-likeness (QED) is 0.605. The van der Waals surface area contributed by atoms with Gasteiger partial charge in [-0.3, -0.25) is 0 Å². The highest BCUT2D eigenvalue weighted by molar-refractivity contribution is 4.88. The molecule has 0 heterocycles. The van der Waals surface area contributed by atoms with E-state index in [4.69, 9.17) is 0 Å². The van der Waals surface area contributed by atoms with Gasteiger partial charge >= 0.3 is 0 Å². The average molecular weight is 210 g/mol. The maximum absolute atomic E-state index is 2.51. The summed E-state index contributed by atoms with van der Waals surface area (Å²) < 4.78 is 0. The summed E-state index contributed by atoms with van der Waals surface area (Å²) in [6, 6.07) is 0. The highest BCUT2D eigenvalue weighted by Gasteiger charge is 2.37. The smallest absolute Gasteiger partial charge is 0.0298 e. The van der Waals surface area contributed by atoms with Gasteiger partial charge in [-0.2, -0.15) is 0 Å². The topological polar surface area (TPSA) is 0 Å². The van der Waals surface area contributed by atoms with Crippen LogP contribution in [-0.2, 0) is 0 Å². The van der Waals surface area contributed by atoms with Gasteiger partial charge in [-0.1, -0.05) is 41.5 Å². The molecule has 0 bridgehead atoms. The monoisotopic (exact) mass is 210 g/mol. The molecule has 3 unspecified atom stereocenters. The largest absolute Gasteiger partial charge is 0.0628 e. The lowest BCUT2D eigenvalue weighted by Gasteiger charge is -2.45. The lowest BCUT2D eigenvalue weighted by Crippen LogP contribution is -2.34. The normalized spacial score (nSPS) is 37.6. The Morgan fingerprint density at radius 1 is 1.13 bits per heavy atom. The van der Waals surface area contributed by atoms with E-state index in [2.05, 4.69) is 41.5 Å². The molecule has 0 spiro atoms. The fourth-order valence-corrected chi connectivity index (χ4v) is 3.59. The molecular weight excluding hydrogens is 180 g/mol. The van der Waals surface area contributed by atoms with E-state index in [1.165, 1.54) is 25.7 Å². The summed E-state index contributed by atoms with van der Waals surface area (Å²) >= 11 is 0. The van der Waals surface area contributed by atoms with E-state index >= 15 is 0 Å². The van der Waals surface area contributed by atoms with Gasteiger partial charge in [0.2, 0.25) is 0 Å². The second-order valence-corrected chi connectivity index (χ2v) is 7.05. The molecule has 0 aliphatic heterocycles. The van der Waals surface area contributed by atoms with Crippen molar-refractivity contribution in [3.8, 4) is 0 Å². The van der Waals surface area contributed by atoms with Crippen molar-refractivity contribution < 1.29 is 0 Å². The molecule has 0 aromatic heterocycles. The van der Waals surface area contributed by atoms with E-state index in [1.54, 1.807) is 0 Å². The molecule has 1 fully saturated rings. The van der Waals surface area contributed by atoms with Gasteiger partial charge in [0.15, 0.2) is 0 Å². The fraction of sp³-hybridized carbons (Fsp3) is 1.00. The maximum atomic E-state index is 2.51. The molecule has 0 aromatic rings. The van der Waals surface area contributed by atoms with Crippen molar-refractivity contribution in [2.24, 2.45) is 29.1 Å². The van der Waals surface area contributed by atoms with Crippen LogP contribution in [0, 0.1) is 29.1 Å². The Kier molecular flexibility index (Phi) is 4.26. The van der Waals surface area contributed by atoms with Crippen LogP contribution in [0.15, 0.2) is 0 Å².